The Kier molecular flexibility index (Phi) is 6.80. The molecule has 2 amide bonds. The van der Waals surface area contributed by atoms with Crippen LogP contribution in [0.2, 0.25) is 0 Å². The maximum absolute atomic E-state index is 11.6. The Morgan fingerprint density at radius 1 is 1.24 bits per heavy atom. The minimum atomic E-state index is -0.853. The maximum atomic E-state index is 11.6. The second kappa shape index (κ2) is 7.27. The van der Waals surface area contributed by atoms with Crippen molar-refractivity contribution in [3.8, 4) is 0 Å². The molecule has 0 spiro atoms. The highest BCUT2D eigenvalue weighted by atomic mass is 16.5. The van der Waals surface area contributed by atoms with E-state index in [1.165, 1.54) is 7.11 Å². The standard InChI is InChI=1S/C12H24N2O3/c1-9(2)8-14-10(15)6-7-13-11(16)12(3,4)17-5/h9H,6-8H2,1-5H3,(H,13,16)(H,14,15). The molecule has 0 fully saturated rings. The summed E-state index contributed by atoms with van der Waals surface area (Å²) in [7, 11) is 1.48. The number of hydrogen-bond donors (Lipinski definition) is 2. The predicted octanol–water partition coefficient (Wildman–Crippen LogP) is 0.690. The number of ether oxygens (including phenoxy) is 1. The fraction of sp³-hybridized carbons (Fsp3) is 0.833. The average molecular weight is 244 g/mol. The molecule has 0 atom stereocenters. The lowest BCUT2D eigenvalue weighted by Crippen LogP contribution is -2.44. The summed E-state index contributed by atoms with van der Waals surface area (Å²) in [6.45, 7) is 8.42. The molecule has 0 rings (SSSR count). The molecule has 0 bridgehead atoms. The molecular weight excluding hydrogens is 220 g/mol. The van der Waals surface area contributed by atoms with Crippen LogP contribution in [0.1, 0.15) is 34.1 Å². The minimum absolute atomic E-state index is 0.0470. The molecule has 100 valence electrons. The SMILES string of the molecule is COC(C)(C)C(=O)NCCC(=O)NCC(C)C. The van der Waals surface area contributed by atoms with E-state index in [9.17, 15) is 9.59 Å². The molecule has 0 heterocycles. The molecule has 0 aromatic carbocycles. The van der Waals surface area contributed by atoms with Gasteiger partial charge in [-0.2, -0.15) is 0 Å². The molecule has 0 aromatic rings. The van der Waals surface area contributed by atoms with Crippen LogP contribution >= 0.6 is 0 Å². The van der Waals surface area contributed by atoms with Crippen LogP contribution in [-0.4, -0.2) is 37.6 Å². The second-order valence-electron chi connectivity index (χ2n) is 4.92. The highest BCUT2D eigenvalue weighted by Gasteiger charge is 2.26. The zero-order valence-corrected chi connectivity index (χ0v) is 11.4. The fourth-order valence-electron chi connectivity index (χ4n) is 1.00. The van der Waals surface area contributed by atoms with E-state index in [1.807, 2.05) is 13.8 Å². The summed E-state index contributed by atoms with van der Waals surface area (Å²) in [5, 5.41) is 5.45. The second-order valence-corrected chi connectivity index (χ2v) is 4.92. The van der Waals surface area contributed by atoms with Crippen molar-refractivity contribution in [2.45, 2.75) is 39.7 Å². The van der Waals surface area contributed by atoms with Crippen molar-refractivity contribution in [2.75, 3.05) is 20.2 Å². The van der Waals surface area contributed by atoms with Gasteiger partial charge in [0, 0.05) is 26.6 Å². The van der Waals surface area contributed by atoms with Crippen LogP contribution in [0.4, 0.5) is 0 Å². The highest BCUT2D eigenvalue weighted by Crippen LogP contribution is 2.06. The Labute approximate surface area is 103 Å². The molecule has 0 aromatic heterocycles. The number of hydrogen-bond acceptors (Lipinski definition) is 3. The number of carbonyl (C=O) groups is 2. The maximum Gasteiger partial charge on any atom is 0.251 e. The van der Waals surface area contributed by atoms with Crippen molar-refractivity contribution >= 4 is 11.8 Å². The van der Waals surface area contributed by atoms with Gasteiger partial charge < -0.3 is 15.4 Å². The molecule has 0 aliphatic rings. The Balaban J connectivity index is 3.77. The van der Waals surface area contributed by atoms with Crippen LogP contribution in [0.3, 0.4) is 0 Å². The lowest BCUT2D eigenvalue weighted by molar-refractivity contribution is -0.139. The summed E-state index contributed by atoms with van der Waals surface area (Å²) in [5.74, 6) is 0.173. The van der Waals surface area contributed by atoms with Crippen molar-refractivity contribution in [1.82, 2.24) is 10.6 Å². The Morgan fingerprint density at radius 2 is 1.82 bits per heavy atom. The monoisotopic (exact) mass is 244 g/mol. The van der Waals surface area contributed by atoms with Gasteiger partial charge in [-0.25, -0.2) is 0 Å². The average Bonchev–Trinajstić information content (AvgIpc) is 2.26. The lowest BCUT2D eigenvalue weighted by atomic mass is 10.1. The molecule has 0 aliphatic heterocycles. The third-order valence-electron chi connectivity index (χ3n) is 2.40. The quantitative estimate of drug-likeness (QED) is 0.692. The molecular formula is C12H24N2O3. The van der Waals surface area contributed by atoms with E-state index in [1.54, 1.807) is 13.8 Å². The summed E-state index contributed by atoms with van der Waals surface area (Å²) in [6, 6.07) is 0. The molecule has 5 heteroatoms. The van der Waals surface area contributed by atoms with E-state index in [-0.39, 0.29) is 18.2 Å². The molecule has 2 N–H and O–H groups in total. The number of methoxy groups -OCH3 is 1. The normalized spacial score (nSPS) is 11.4. The van der Waals surface area contributed by atoms with Gasteiger partial charge in [0.25, 0.3) is 5.91 Å². The van der Waals surface area contributed by atoms with Crippen LogP contribution in [0.5, 0.6) is 0 Å². The molecule has 0 saturated carbocycles. The van der Waals surface area contributed by atoms with E-state index in [0.717, 1.165) is 0 Å². The molecule has 17 heavy (non-hydrogen) atoms. The van der Waals surface area contributed by atoms with Gasteiger partial charge >= 0.3 is 0 Å². The van der Waals surface area contributed by atoms with Gasteiger partial charge in [0.1, 0.15) is 5.60 Å². The Morgan fingerprint density at radius 3 is 2.29 bits per heavy atom. The third-order valence-corrected chi connectivity index (χ3v) is 2.40. The van der Waals surface area contributed by atoms with E-state index < -0.39 is 5.60 Å². The summed E-state index contributed by atoms with van der Waals surface area (Å²) in [6.07, 6.45) is 0.290. The van der Waals surface area contributed by atoms with Gasteiger partial charge in [-0.3, -0.25) is 9.59 Å². The Hall–Kier alpha value is -1.10. The first-order chi connectivity index (χ1) is 7.79. The van der Waals surface area contributed by atoms with Crippen molar-refractivity contribution in [1.29, 1.82) is 0 Å². The van der Waals surface area contributed by atoms with Gasteiger partial charge in [-0.1, -0.05) is 13.8 Å². The number of carbonyl (C=O) groups excluding carboxylic acids is 2. The first-order valence-electron chi connectivity index (χ1n) is 5.89. The number of rotatable bonds is 7. The van der Waals surface area contributed by atoms with Crippen LogP contribution in [0, 0.1) is 5.92 Å². The summed E-state index contributed by atoms with van der Waals surface area (Å²) >= 11 is 0. The lowest BCUT2D eigenvalue weighted by Gasteiger charge is -2.21. The molecule has 5 nitrogen and oxygen atoms in total. The zero-order valence-electron chi connectivity index (χ0n) is 11.4. The first-order valence-corrected chi connectivity index (χ1v) is 5.89. The van der Waals surface area contributed by atoms with Crippen molar-refractivity contribution in [3.63, 3.8) is 0 Å². The van der Waals surface area contributed by atoms with Gasteiger partial charge in [-0.05, 0) is 19.8 Å². The van der Waals surface area contributed by atoms with Crippen LogP contribution in [-0.2, 0) is 14.3 Å². The van der Waals surface area contributed by atoms with Crippen LogP contribution in [0.15, 0.2) is 0 Å². The Bertz CT molecular complexity index is 262. The highest BCUT2D eigenvalue weighted by molar-refractivity contribution is 5.85. The van der Waals surface area contributed by atoms with E-state index >= 15 is 0 Å². The van der Waals surface area contributed by atoms with Crippen LogP contribution < -0.4 is 10.6 Å². The molecule has 0 unspecified atom stereocenters. The zero-order chi connectivity index (χ0) is 13.5. The van der Waals surface area contributed by atoms with Gasteiger partial charge in [0.15, 0.2) is 0 Å². The topological polar surface area (TPSA) is 67.4 Å². The molecule has 0 radical (unpaired) electrons. The summed E-state index contributed by atoms with van der Waals surface area (Å²) in [4.78, 5) is 22.9. The van der Waals surface area contributed by atoms with E-state index in [2.05, 4.69) is 10.6 Å². The third kappa shape index (κ3) is 6.94. The minimum Gasteiger partial charge on any atom is -0.369 e. The van der Waals surface area contributed by atoms with Gasteiger partial charge in [0.05, 0.1) is 0 Å². The molecule has 0 saturated heterocycles. The van der Waals surface area contributed by atoms with Crippen molar-refractivity contribution < 1.29 is 14.3 Å². The molecule has 0 aliphatic carbocycles. The fourth-order valence-corrected chi connectivity index (χ4v) is 1.00. The van der Waals surface area contributed by atoms with Crippen molar-refractivity contribution in [2.24, 2.45) is 5.92 Å². The van der Waals surface area contributed by atoms with Crippen molar-refractivity contribution in [3.05, 3.63) is 0 Å². The van der Waals surface area contributed by atoms with Crippen LogP contribution in [0.25, 0.3) is 0 Å². The summed E-state index contributed by atoms with van der Waals surface area (Å²) < 4.78 is 5.02. The first kappa shape index (κ1) is 15.9. The smallest absolute Gasteiger partial charge is 0.251 e. The number of amides is 2. The number of nitrogens with one attached hydrogen (secondary N) is 2. The van der Waals surface area contributed by atoms with E-state index in [0.29, 0.717) is 19.0 Å². The largest absolute Gasteiger partial charge is 0.369 e. The van der Waals surface area contributed by atoms with Gasteiger partial charge in [-0.15, -0.1) is 0 Å². The predicted molar refractivity (Wildman–Crippen MR) is 66.6 cm³/mol. The van der Waals surface area contributed by atoms with Gasteiger partial charge in [0.2, 0.25) is 5.91 Å². The summed E-state index contributed by atoms with van der Waals surface area (Å²) in [5.41, 5.74) is -0.853. The van der Waals surface area contributed by atoms with E-state index in [4.69, 9.17) is 4.74 Å².